The molecule has 0 saturated heterocycles. The van der Waals surface area contributed by atoms with Crippen LogP contribution < -0.4 is 5.43 Å². The van der Waals surface area contributed by atoms with Gasteiger partial charge in [-0.05, 0) is 53.6 Å². The normalized spacial score (nSPS) is 10.8. The highest BCUT2D eigenvalue weighted by molar-refractivity contribution is 14.1. The monoisotopic (exact) mass is 300 g/mol. The Labute approximate surface area is 95.1 Å². The van der Waals surface area contributed by atoms with Crippen LogP contribution in [0.2, 0.25) is 0 Å². The predicted molar refractivity (Wildman–Crippen MR) is 64.7 cm³/mol. The van der Waals surface area contributed by atoms with E-state index >= 15 is 0 Å². The van der Waals surface area contributed by atoms with Crippen molar-refractivity contribution in [3.05, 3.63) is 43.3 Å². The van der Waals surface area contributed by atoms with Gasteiger partial charge in [-0.1, -0.05) is 6.07 Å². The summed E-state index contributed by atoms with van der Waals surface area (Å²) in [6, 6.07) is 3.88. The third-order valence-electron chi connectivity index (χ3n) is 2.18. The fraction of sp³-hybridized carbons (Fsp3) is 0.182. The maximum atomic E-state index is 11.8. The molecule has 14 heavy (non-hydrogen) atoms. The molecular weight excluding hydrogens is 291 g/mol. The van der Waals surface area contributed by atoms with Gasteiger partial charge >= 0.3 is 0 Å². The van der Waals surface area contributed by atoms with Crippen molar-refractivity contribution in [1.29, 1.82) is 0 Å². The Hall–Kier alpha value is -0.840. The highest BCUT2D eigenvalue weighted by Gasteiger charge is 2.07. The molecule has 2 aromatic rings. The Kier molecular flexibility index (Phi) is 2.34. The lowest BCUT2D eigenvalue weighted by molar-refractivity contribution is 0.597. The average Bonchev–Trinajstić information content (AvgIpc) is 2.10. The lowest BCUT2D eigenvalue weighted by Crippen LogP contribution is -2.06. The average molecular weight is 300 g/mol. The van der Waals surface area contributed by atoms with Gasteiger partial charge in [-0.2, -0.15) is 0 Å². The van der Waals surface area contributed by atoms with Crippen LogP contribution in [0.25, 0.3) is 11.0 Å². The van der Waals surface area contributed by atoms with E-state index < -0.39 is 0 Å². The van der Waals surface area contributed by atoms with E-state index in [-0.39, 0.29) is 5.43 Å². The molecule has 2 rings (SSSR count). The summed E-state index contributed by atoms with van der Waals surface area (Å²) in [5.74, 6) is 0. The summed E-state index contributed by atoms with van der Waals surface area (Å²) in [6.45, 7) is 3.92. The van der Waals surface area contributed by atoms with E-state index in [9.17, 15) is 4.79 Å². The highest BCUT2D eigenvalue weighted by atomic mass is 127. The zero-order valence-electron chi connectivity index (χ0n) is 7.93. The van der Waals surface area contributed by atoms with E-state index in [4.69, 9.17) is 4.42 Å². The number of aryl methyl sites for hydroxylation is 2. The van der Waals surface area contributed by atoms with E-state index in [0.717, 1.165) is 11.1 Å². The molecule has 0 bridgehead atoms. The third kappa shape index (κ3) is 1.45. The largest absolute Gasteiger partial charge is 0.463 e. The van der Waals surface area contributed by atoms with Gasteiger partial charge in [-0.3, -0.25) is 4.79 Å². The molecule has 3 heteroatoms. The van der Waals surface area contributed by atoms with Crippen molar-refractivity contribution in [2.45, 2.75) is 13.8 Å². The van der Waals surface area contributed by atoms with Gasteiger partial charge in [0.15, 0.2) is 0 Å². The molecule has 1 aromatic carbocycles. The minimum Gasteiger partial charge on any atom is -0.463 e. The van der Waals surface area contributed by atoms with E-state index in [2.05, 4.69) is 0 Å². The lowest BCUT2D eigenvalue weighted by Gasteiger charge is -2.02. The number of rotatable bonds is 0. The molecule has 2 nitrogen and oxygen atoms in total. The number of benzene rings is 1. The maximum absolute atomic E-state index is 11.8. The topological polar surface area (TPSA) is 30.2 Å². The first-order valence-corrected chi connectivity index (χ1v) is 5.36. The van der Waals surface area contributed by atoms with Crippen LogP contribution in [0, 0.1) is 17.4 Å². The second-order valence-electron chi connectivity index (χ2n) is 3.37. The Morgan fingerprint density at radius 1 is 1.29 bits per heavy atom. The molecule has 1 heterocycles. The Morgan fingerprint density at radius 2 is 2.00 bits per heavy atom. The van der Waals surface area contributed by atoms with Crippen LogP contribution >= 0.6 is 22.6 Å². The summed E-state index contributed by atoms with van der Waals surface area (Å²) in [7, 11) is 0. The van der Waals surface area contributed by atoms with Crippen molar-refractivity contribution >= 4 is 33.6 Å². The summed E-state index contributed by atoms with van der Waals surface area (Å²) in [5, 5.41) is 0.697. The fourth-order valence-corrected chi connectivity index (χ4v) is 2.00. The van der Waals surface area contributed by atoms with Crippen LogP contribution in [-0.2, 0) is 0 Å². The minimum absolute atomic E-state index is 0.0596. The smallest absolute Gasteiger partial charge is 0.206 e. The quantitative estimate of drug-likeness (QED) is 0.700. The van der Waals surface area contributed by atoms with Crippen LogP contribution in [0.1, 0.15) is 11.1 Å². The molecule has 0 aliphatic heterocycles. The number of hydrogen-bond donors (Lipinski definition) is 0. The molecule has 0 unspecified atom stereocenters. The molecule has 1 aromatic heterocycles. The van der Waals surface area contributed by atoms with Crippen molar-refractivity contribution in [3.63, 3.8) is 0 Å². The van der Waals surface area contributed by atoms with Crippen molar-refractivity contribution in [2.75, 3.05) is 0 Å². The summed E-state index contributed by atoms with van der Waals surface area (Å²) in [5.41, 5.74) is 2.82. The second-order valence-corrected chi connectivity index (χ2v) is 4.53. The molecule has 0 radical (unpaired) electrons. The molecule has 0 N–H and O–H groups in total. The van der Waals surface area contributed by atoms with Gasteiger partial charge in [0.25, 0.3) is 0 Å². The number of hydrogen-bond acceptors (Lipinski definition) is 2. The van der Waals surface area contributed by atoms with Crippen LogP contribution in [-0.4, -0.2) is 0 Å². The number of halogens is 1. The van der Waals surface area contributed by atoms with E-state index in [0.29, 0.717) is 14.5 Å². The van der Waals surface area contributed by atoms with Gasteiger partial charge < -0.3 is 4.42 Å². The summed E-state index contributed by atoms with van der Waals surface area (Å²) >= 11 is 1.99. The molecule has 0 amide bonds. The van der Waals surface area contributed by atoms with Crippen LogP contribution in [0.4, 0.5) is 0 Å². The molecule has 0 atom stereocenters. The van der Waals surface area contributed by atoms with Gasteiger partial charge in [-0.15, -0.1) is 0 Å². The summed E-state index contributed by atoms with van der Waals surface area (Å²) < 4.78 is 6.00. The first kappa shape index (κ1) is 9.71. The van der Waals surface area contributed by atoms with Crippen LogP contribution in [0.15, 0.2) is 27.6 Å². The molecule has 72 valence electrons. The van der Waals surface area contributed by atoms with Gasteiger partial charge in [0, 0.05) is 0 Å². The molecule has 0 aliphatic carbocycles. The Balaban J connectivity index is 3.03. The number of fused-ring (bicyclic) bond motifs is 1. The second kappa shape index (κ2) is 3.38. The van der Waals surface area contributed by atoms with Gasteiger partial charge in [0.2, 0.25) is 5.43 Å². The minimum atomic E-state index is 0.0596. The van der Waals surface area contributed by atoms with Crippen molar-refractivity contribution in [1.82, 2.24) is 0 Å². The van der Waals surface area contributed by atoms with Gasteiger partial charge in [-0.25, -0.2) is 0 Å². The maximum Gasteiger partial charge on any atom is 0.206 e. The van der Waals surface area contributed by atoms with Crippen molar-refractivity contribution in [2.24, 2.45) is 0 Å². The molecule has 0 spiro atoms. The van der Waals surface area contributed by atoms with Crippen molar-refractivity contribution in [3.8, 4) is 0 Å². The predicted octanol–water partition coefficient (Wildman–Crippen LogP) is 3.01. The molecular formula is C11H9IO2. The Bertz CT molecular complexity index is 555. The zero-order chi connectivity index (χ0) is 10.3. The first-order valence-electron chi connectivity index (χ1n) is 4.28. The molecule has 0 saturated carbocycles. The van der Waals surface area contributed by atoms with E-state index in [1.807, 2.05) is 48.6 Å². The molecule has 0 aliphatic rings. The third-order valence-corrected chi connectivity index (χ3v) is 2.92. The van der Waals surface area contributed by atoms with Crippen LogP contribution in [0.3, 0.4) is 0 Å². The SMILES string of the molecule is Cc1cc(C)c2c(=O)c(I)coc2c1. The summed E-state index contributed by atoms with van der Waals surface area (Å²) in [6.07, 6.45) is 1.50. The molecule has 0 fully saturated rings. The zero-order valence-corrected chi connectivity index (χ0v) is 10.1. The highest BCUT2D eigenvalue weighted by Crippen LogP contribution is 2.18. The standard InChI is InChI=1S/C11H9IO2/c1-6-3-7(2)10-9(4-6)14-5-8(12)11(10)13/h3-5H,1-2H3. The Morgan fingerprint density at radius 3 is 2.71 bits per heavy atom. The van der Waals surface area contributed by atoms with Crippen LogP contribution in [0.5, 0.6) is 0 Å². The van der Waals surface area contributed by atoms with E-state index in [1.165, 1.54) is 6.26 Å². The van der Waals surface area contributed by atoms with Gasteiger partial charge in [0.1, 0.15) is 11.8 Å². The van der Waals surface area contributed by atoms with Crippen molar-refractivity contribution < 1.29 is 4.42 Å². The first-order chi connectivity index (χ1) is 6.59. The van der Waals surface area contributed by atoms with Gasteiger partial charge in [0.05, 0.1) is 8.96 Å². The van der Waals surface area contributed by atoms with E-state index in [1.54, 1.807) is 0 Å². The lowest BCUT2D eigenvalue weighted by atomic mass is 10.1. The fourth-order valence-electron chi connectivity index (χ4n) is 1.60. The summed E-state index contributed by atoms with van der Waals surface area (Å²) in [4.78, 5) is 11.8.